The number of hydrogen-bond acceptors (Lipinski definition) is 2. The Morgan fingerprint density at radius 2 is 1.75 bits per heavy atom. The monoisotopic (exact) mass is 244 g/mol. The molecule has 1 amide bonds. The van der Waals surface area contributed by atoms with Gasteiger partial charge in [0, 0.05) is 19.5 Å². The van der Waals surface area contributed by atoms with Crippen molar-refractivity contribution < 1.29 is 4.79 Å². The molecule has 0 aromatic carbocycles. The summed E-state index contributed by atoms with van der Waals surface area (Å²) in [4.78, 5) is 13.8. The highest BCUT2D eigenvalue weighted by molar-refractivity contribution is 7.80. The number of carbonyl (C=O) groups excluding carboxylic acids is 1. The summed E-state index contributed by atoms with van der Waals surface area (Å²) in [6.07, 6.45) is 0. The van der Waals surface area contributed by atoms with Crippen LogP contribution in [0, 0.1) is 5.92 Å². The molecule has 0 saturated heterocycles. The summed E-state index contributed by atoms with van der Waals surface area (Å²) in [5, 5.41) is 3.27. The topological polar surface area (TPSA) is 32.3 Å². The smallest absolute Gasteiger partial charge is 0.219 e. The largest absolute Gasteiger partial charge is 0.373 e. The summed E-state index contributed by atoms with van der Waals surface area (Å²) >= 11 is 5.39. The van der Waals surface area contributed by atoms with Gasteiger partial charge in [0.05, 0.1) is 11.0 Å². The zero-order chi connectivity index (χ0) is 13.1. The average molecular weight is 244 g/mol. The standard InChI is InChI=1S/C12H24N2OS/c1-8(2)10(14(7)9(3)15)11(16)13-12(4,5)6/h8,10H,1-7H3,(H,13,16)/t10-/m0/s1. The lowest BCUT2D eigenvalue weighted by Crippen LogP contribution is -2.53. The van der Waals surface area contributed by atoms with Crippen LogP contribution in [0.2, 0.25) is 0 Å². The third kappa shape index (κ3) is 4.92. The molecule has 4 heteroatoms. The van der Waals surface area contributed by atoms with Crippen molar-refractivity contribution in [2.24, 2.45) is 5.92 Å². The van der Waals surface area contributed by atoms with E-state index in [-0.39, 0.29) is 17.5 Å². The van der Waals surface area contributed by atoms with Crippen LogP contribution in [-0.4, -0.2) is 34.4 Å². The van der Waals surface area contributed by atoms with Crippen molar-refractivity contribution in [2.75, 3.05) is 7.05 Å². The molecule has 0 rings (SSSR count). The van der Waals surface area contributed by atoms with Crippen molar-refractivity contribution >= 4 is 23.1 Å². The van der Waals surface area contributed by atoms with Crippen LogP contribution in [0.15, 0.2) is 0 Å². The second-order valence-corrected chi connectivity index (χ2v) is 6.00. The highest BCUT2D eigenvalue weighted by Crippen LogP contribution is 2.13. The van der Waals surface area contributed by atoms with Gasteiger partial charge in [-0.3, -0.25) is 4.79 Å². The molecule has 0 heterocycles. The average Bonchev–Trinajstić information content (AvgIpc) is 1.99. The summed E-state index contributed by atoms with van der Waals surface area (Å²) in [5.74, 6) is 0.341. The van der Waals surface area contributed by atoms with E-state index in [2.05, 4.69) is 39.9 Å². The Morgan fingerprint density at radius 3 is 2.00 bits per heavy atom. The van der Waals surface area contributed by atoms with Crippen molar-refractivity contribution in [2.45, 2.75) is 53.1 Å². The van der Waals surface area contributed by atoms with Crippen LogP contribution in [0.4, 0.5) is 0 Å². The number of rotatable bonds is 3. The second kappa shape index (κ2) is 5.62. The predicted octanol–water partition coefficient (Wildman–Crippen LogP) is 2.20. The number of hydrogen-bond donors (Lipinski definition) is 1. The Morgan fingerprint density at radius 1 is 1.31 bits per heavy atom. The normalized spacial score (nSPS) is 13.5. The fraction of sp³-hybridized carbons (Fsp3) is 0.833. The Bertz CT molecular complexity index is 269. The first-order chi connectivity index (χ1) is 7.06. The lowest BCUT2D eigenvalue weighted by atomic mass is 10.0. The first-order valence-electron chi connectivity index (χ1n) is 5.61. The van der Waals surface area contributed by atoms with Crippen LogP contribution in [0.1, 0.15) is 41.5 Å². The van der Waals surface area contributed by atoms with Gasteiger partial charge < -0.3 is 10.2 Å². The molecule has 16 heavy (non-hydrogen) atoms. The number of nitrogens with zero attached hydrogens (tertiary/aromatic N) is 1. The van der Waals surface area contributed by atoms with Crippen molar-refractivity contribution in [3.05, 3.63) is 0 Å². The fourth-order valence-corrected chi connectivity index (χ4v) is 2.30. The molecule has 0 saturated carbocycles. The van der Waals surface area contributed by atoms with E-state index in [0.29, 0.717) is 5.92 Å². The highest BCUT2D eigenvalue weighted by atomic mass is 32.1. The van der Waals surface area contributed by atoms with Gasteiger partial charge in [0.15, 0.2) is 0 Å². The second-order valence-electron chi connectivity index (χ2n) is 5.56. The maximum atomic E-state index is 11.4. The summed E-state index contributed by atoms with van der Waals surface area (Å²) < 4.78 is 0. The minimum absolute atomic E-state index is 0.0354. The quantitative estimate of drug-likeness (QED) is 0.773. The molecule has 0 aliphatic heterocycles. The molecule has 0 unspecified atom stereocenters. The van der Waals surface area contributed by atoms with Crippen LogP contribution >= 0.6 is 12.2 Å². The minimum Gasteiger partial charge on any atom is -0.373 e. The molecule has 3 nitrogen and oxygen atoms in total. The molecule has 0 bridgehead atoms. The summed E-state index contributed by atoms with van der Waals surface area (Å²) in [6.45, 7) is 11.9. The van der Waals surface area contributed by atoms with Gasteiger partial charge in [-0.15, -0.1) is 0 Å². The van der Waals surface area contributed by atoms with E-state index in [1.807, 2.05) is 0 Å². The van der Waals surface area contributed by atoms with E-state index < -0.39 is 0 Å². The van der Waals surface area contributed by atoms with Gasteiger partial charge in [-0.05, 0) is 26.7 Å². The molecular weight excluding hydrogens is 220 g/mol. The minimum atomic E-state index is -0.0676. The van der Waals surface area contributed by atoms with Gasteiger partial charge in [-0.2, -0.15) is 0 Å². The molecule has 0 spiro atoms. The maximum absolute atomic E-state index is 11.4. The highest BCUT2D eigenvalue weighted by Gasteiger charge is 2.27. The van der Waals surface area contributed by atoms with E-state index in [4.69, 9.17) is 12.2 Å². The van der Waals surface area contributed by atoms with E-state index in [1.165, 1.54) is 0 Å². The van der Waals surface area contributed by atoms with E-state index in [0.717, 1.165) is 4.99 Å². The van der Waals surface area contributed by atoms with E-state index >= 15 is 0 Å². The molecule has 0 fully saturated rings. The Hall–Kier alpha value is -0.640. The van der Waals surface area contributed by atoms with Crippen molar-refractivity contribution in [1.29, 1.82) is 0 Å². The molecule has 0 aromatic rings. The molecule has 0 aromatic heterocycles. The number of carbonyl (C=O) groups is 1. The van der Waals surface area contributed by atoms with Gasteiger partial charge >= 0.3 is 0 Å². The zero-order valence-electron chi connectivity index (χ0n) is 11.4. The Balaban J connectivity index is 4.80. The van der Waals surface area contributed by atoms with Crippen LogP contribution in [0.25, 0.3) is 0 Å². The molecule has 1 N–H and O–H groups in total. The lowest BCUT2D eigenvalue weighted by molar-refractivity contribution is -0.129. The summed E-state index contributed by atoms with van der Waals surface area (Å²) in [5.41, 5.74) is -0.0676. The van der Waals surface area contributed by atoms with Crippen LogP contribution in [0.5, 0.6) is 0 Å². The first kappa shape index (κ1) is 15.4. The first-order valence-corrected chi connectivity index (χ1v) is 6.02. The summed E-state index contributed by atoms with van der Waals surface area (Å²) in [6, 6.07) is -0.0354. The zero-order valence-corrected chi connectivity index (χ0v) is 12.2. The number of amides is 1. The Labute approximate surface area is 105 Å². The van der Waals surface area contributed by atoms with Crippen molar-refractivity contribution in [1.82, 2.24) is 10.2 Å². The van der Waals surface area contributed by atoms with E-state index in [9.17, 15) is 4.79 Å². The molecule has 1 atom stereocenters. The summed E-state index contributed by atoms with van der Waals surface area (Å²) in [7, 11) is 1.80. The van der Waals surface area contributed by atoms with Gasteiger partial charge in [0.2, 0.25) is 5.91 Å². The third-order valence-corrected chi connectivity index (χ3v) is 2.66. The number of nitrogens with one attached hydrogen (secondary N) is 1. The van der Waals surface area contributed by atoms with Crippen molar-refractivity contribution in [3.8, 4) is 0 Å². The molecule has 0 radical (unpaired) electrons. The van der Waals surface area contributed by atoms with Gasteiger partial charge in [-0.1, -0.05) is 26.1 Å². The van der Waals surface area contributed by atoms with E-state index in [1.54, 1.807) is 18.9 Å². The van der Waals surface area contributed by atoms with Gasteiger partial charge in [-0.25, -0.2) is 0 Å². The third-order valence-electron chi connectivity index (χ3n) is 2.31. The van der Waals surface area contributed by atoms with Crippen LogP contribution in [0.3, 0.4) is 0 Å². The lowest BCUT2D eigenvalue weighted by Gasteiger charge is -2.34. The number of thiocarbonyl (C=S) groups is 1. The molecule has 0 aliphatic carbocycles. The van der Waals surface area contributed by atoms with Crippen LogP contribution in [-0.2, 0) is 4.79 Å². The molecule has 0 aliphatic rings. The van der Waals surface area contributed by atoms with Gasteiger partial charge in [0.1, 0.15) is 0 Å². The van der Waals surface area contributed by atoms with Crippen molar-refractivity contribution in [3.63, 3.8) is 0 Å². The Kier molecular flexibility index (Phi) is 5.39. The SMILES string of the molecule is CC(=O)N(C)[C@H](C(=S)NC(C)(C)C)C(C)C. The molecule has 94 valence electrons. The fourth-order valence-electron chi connectivity index (χ4n) is 1.57. The van der Waals surface area contributed by atoms with Crippen LogP contribution < -0.4 is 5.32 Å². The maximum Gasteiger partial charge on any atom is 0.219 e. The molecular formula is C12H24N2OS. The van der Waals surface area contributed by atoms with Gasteiger partial charge in [0.25, 0.3) is 0 Å². The number of likely N-dealkylation sites (N-methyl/N-ethyl adjacent to an activating group) is 1. The predicted molar refractivity (Wildman–Crippen MR) is 72.6 cm³/mol.